The molecular weight excluding hydrogens is 294 g/mol. The third-order valence-corrected chi connectivity index (χ3v) is 3.07. The summed E-state index contributed by atoms with van der Waals surface area (Å²) in [5.74, 6) is 0. The molecule has 0 radical (unpaired) electrons. The Morgan fingerprint density at radius 3 is 1.90 bits per heavy atom. The predicted octanol–water partition coefficient (Wildman–Crippen LogP) is 5.70. The molecule has 0 N–H and O–H groups in total. The minimum absolute atomic E-state index is 0.0261. The lowest BCUT2D eigenvalue weighted by Crippen LogP contribution is -2.08. The van der Waals surface area contributed by atoms with Crippen LogP contribution in [0.15, 0.2) is 42.5 Å². The largest absolute Gasteiger partial charge is 0.416 e. The van der Waals surface area contributed by atoms with Crippen LogP contribution in [0.1, 0.15) is 16.7 Å². The van der Waals surface area contributed by atoms with Gasteiger partial charge in [0.1, 0.15) is 0 Å². The van der Waals surface area contributed by atoms with Gasteiger partial charge in [0.05, 0.1) is 11.1 Å². The van der Waals surface area contributed by atoms with Gasteiger partial charge in [-0.25, -0.2) is 0 Å². The molecule has 2 rings (SSSR count). The van der Waals surface area contributed by atoms with E-state index in [4.69, 9.17) is 0 Å². The van der Waals surface area contributed by atoms with Crippen molar-refractivity contribution in [1.29, 1.82) is 0 Å². The van der Waals surface area contributed by atoms with Gasteiger partial charge < -0.3 is 0 Å². The van der Waals surface area contributed by atoms with E-state index in [2.05, 4.69) is 0 Å². The molecule has 2 aromatic rings. The van der Waals surface area contributed by atoms with Gasteiger partial charge in [0.15, 0.2) is 0 Å². The summed E-state index contributed by atoms with van der Waals surface area (Å²) >= 11 is 0. The van der Waals surface area contributed by atoms with Crippen LogP contribution >= 0.6 is 0 Å². The highest BCUT2D eigenvalue weighted by Gasteiger charge is 2.33. The molecule has 2 aromatic carbocycles. The molecule has 0 fully saturated rings. The van der Waals surface area contributed by atoms with Gasteiger partial charge in [-0.2, -0.15) is 26.3 Å². The Morgan fingerprint density at radius 2 is 1.33 bits per heavy atom. The maximum absolute atomic E-state index is 12.8. The average molecular weight is 304 g/mol. The fourth-order valence-electron chi connectivity index (χ4n) is 1.98. The lowest BCUT2D eigenvalue weighted by molar-refractivity contribution is -0.138. The second kappa shape index (κ2) is 5.09. The Bertz CT molecular complexity index is 652. The molecule has 21 heavy (non-hydrogen) atoms. The van der Waals surface area contributed by atoms with Crippen LogP contribution in [0.5, 0.6) is 0 Å². The predicted molar refractivity (Wildman–Crippen MR) is 66.6 cm³/mol. The Balaban J connectivity index is 2.53. The van der Waals surface area contributed by atoms with Crippen LogP contribution in [-0.2, 0) is 12.4 Å². The van der Waals surface area contributed by atoms with Gasteiger partial charge in [0.25, 0.3) is 0 Å². The van der Waals surface area contributed by atoms with Crippen LogP contribution in [0.4, 0.5) is 26.3 Å². The highest BCUT2D eigenvalue weighted by molar-refractivity contribution is 5.66. The Kier molecular flexibility index (Phi) is 3.74. The highest BCUT2D eigenvalue weighted by Crippen LogP contribution is 2.36. The molecule has 0 bridgehead atoms. The molecule has 0 aromatic heterocycles. The minimum Gasteiger partial charge on any atom is -0.166 e. The van der Waals surface area contributed by atoms with Crippen molar-refractivity contribution in [2.45, 2.75) is 19.3 Å². The van der Waals surface area contributed by atoms with E-state index in [1.807, 2.05) is 0 Å². The molecule has 0 nitrogen and oxygen atoms in total. The topological polar surface area (TPSA) is 0 Å². The first-order valence-electron chi connectivity index (χ1n) is 5.94. The Labute approximate surface area is 117 Å². The molecule has 0 amide bonds. The van der Waals surface area contributed by atoms with E-state index in [9.17, 15) is 26.3 Å². The van der Waals surface area contributed by atoms with E-state index < -0.39 is 23.5 Å². The van der Waals surface area contributed by atoms with Crippen LogP contribution < -0.4 is 0 Å². The standard InChI is InChI=1S/C15H10F6/c1-9-5-6-11(8-13(9)15(19,20)21)10-3-2-4-12(7-10)14(16,17)18/h2-8H,1H3. The van der Waals surface area contributed by atoms with E-state index in [1.165, 1.54) is 31.2 Å². The van der Waals surface area contributed by atoms with E-state index in [1.54, 1.807) is 0 Å². The summed E-state index contributed by atoms with van der Waals surface area (Å²) in [5.41, 5.74) is -1.53. The summed E-state index contributed by atoms with van der Waals surface area (Å²) in [5, 5.41) is 0. The second-order valence-electron chi connectivity index (χ2n) is 4.61. The fourth-order valence-corrected chi connectivity index (χ4v) is 1.98. The first-order chi connectivity index (χ1) is 9.59. The number of halogens is 6. The molecule has 0 atom stereocenters. The van der Waals surface area contributed by atoms with Crippen molar-refractivity contribution >= 4 is 0 Å². The maximum atomic E-state index is 12.8. The monoisotopic (exact) mass is 304 g/mol. The van der Waals surface area contributed by atoms with Crippen LogP contribution in [-0.4, -0.2) is 0 Å². The Hall–Kier alpha value is -1.98. The number of alkyl halides is 6. The molecular formula is C15H10F6. The summed E-state index contributed by atoms with van der Waals surface area (Å²) in [4.78, 5) is 0. The summed E-state index contributed by atoms with van der Waals surface area (Å²) < 4.78 is 76.4. The number of aryl methyl sites for hydroxylation is 1. The van der Waals surface area contributed by atoms with Crippen LogP contribution in [0.2, 0.25) is 0 Å². The van der Waals surface area contributed by atoms with Gasteiger partial charge in [0.2, 0.25) is 0 Å². The maximum Gasteiger partial charge on any atom is 0.416 e. The lowest BCUT2D eigenvalue weighted by Gasteiger charge is -2.13. The quantitative estimate of drug-likeness (QED) is 0.593. The van der Waals surface area contributed by atoms with Crippen molar-refractivity contribution in [3.05, 3.63) is 59.2 Å². The summed E-state index contributed by atoms with van der Waals surface area (Å²) in [6.45, 7) is 1.30. The molecule has 6 heteroatoms. The van der Waals surface area contributed by atoms with Crippen molar-refractivity contribution in [3.8, 4) is 11.1 Å². The number of benzene rings is 2. The molecule has 0 saturated heterocycles. The van der Waals surface area contributed by atoms with Crippen molar-refractivity contribution in [2.24, 2.45) is 0 Å². The summed E-state index contributed by atoms with van der Waals surface area (Å²) in [6, 6.07) is 7.72. The molecule has 0 spiro atoms. The van der Waals surface area contributed by atoms with Gasteiger partial charge in [-0.3, -0.25) is 0 Å². The van der Waals surface area contributed by atoms with Crippen molar-refractivity contribution in [1.82, 2.24) is 0 Å². The molecule has 0 aliphatic carbocycles. The van der Waals surface area contributed by atoms with Crippen molar-refractivity contribution in [3.63, 3.8) is 0 Å². The number of hydrogen-bond acceptors (Lipinski definition) is 0. The second-order valence-corrected chi connectivity index (χ2v) is 4.61. The highest BCUT2D eigenvalue weighted by atomic mass is 19.4. The molecule has 112 valence electrons. The normalized spacial score (nSPS) is 12.5. The molecule has 0 aliphatic heterocycles. The zero-order chi connectivity index (χ0) is 15.8. The summed E-state index contributed by atoms with van der Waals surface area (Å²) in [7, 11) is 0. The third kappa shape index (κ3) is 3.37. The van der Waals surface area contributed by atoms with Gasteiger partial charge in [0, 0.05) is 0 Å². The van der Waals surface area contributed by atoms with Gasteiger partial charge >= 0.3 is 12.4 Å². The van der Waals surface area contributed by atoms with E-state index in [0.29, 0.717) is 0 Å². The van der Waals surface area contributed by atoms with Crippen LogP contribution in [0.25, 0.3) is 11.1 Å². The van der Waals surface area contributed by atoms with Gasteiger partial charge in [-0.1, -0.05) is 24.3 Å². The van der Waals surface area contributed by atoms with E-state index in [0.717, 1.165) is 18.2 Å². The van der Waals surface area contributed by atoms with Crippen LogP contribution in [0, 0.1) is 6.92 Å². The van der Waals surface area contributed by atoms with E-state index >= 15 is 0 Å². The fraction of sp³-hybridized carbons (Fsp3) is 0.200. The molecule has 0 heterocycles. The van der Waals surface area contributed by atoms with Crippen molar-refractivity contribution < 1.29 is 26.3 Å². The molecule has 0 aliphatic rings. The smallest absolute Gasteiger partial charge is 0.166 e. The third-order valence-electron chi connectivity index (χ3n) is 3.07. The number of rotatable bonds is 1. The van der Waals surface area contributed by atoms with E-state index in [-0.39, 0.29) is 16.7 Å². The van der Waals surface area contributed by atoms with Crippen LogP contribution in [0.3, 0.4) is 0 Å². The van der Waals surface area contributed by atoms with Crippen molar-refractivity contribution in [2.75, 3.05) is 0 Å². The molecule has 0 saturated carbocycles. The molecule has 0 unspecified atom stereocenters. The van der Waals surface area contributed by atoms with Gasteiger partial charge in [-0.05, 0) is 41.8 Å². The first-order valence-corrected chi connectivity index (χ1v) is 5.94. The number of hydrogen-bond donors (Lipinski definition) is 0. The average Bonchev–Trinajstić information content (AvgIpc) is 2.37. The minimum atomic E-state index is -4.54. The summed E-state index contributed by atoms with van der Waals surface area (Å²) in [6.07, 6.45) is -9.07. The zero-order valence-electron chi connectivity index (χ0n) is 10.8. The Morgan fingerprint density at radius 1 is 0.714 bits per heavy atom. The zero-order valence-corrected chi connectivity index (χ0v) is 10.8. The SMILES string of the molecule is Cc1ccc(-c2cccc(C(F)(F)F)c2)cc1C(F)(F)F. The lowest BCUT2D eigenvalue weighted by atomic mass is 9.98. The van der Waals surface area contributed by atoms with Gasteiger partial charge in [-0.15, -0.1) is 0 Å². The first kappa shape index (κ1) is 15.4.